The molecule has 0 atom stereocenters. The smallest absolute Gasteiger partial charge is 0.263 e. The van der Waals surface area contributed by atoms with Gasteiger partial charge < -0.3 is 0 Å². The molecule has 0 N–H and O–H groups in total. The third kappa shape index (κ3) is 2.44. The van der Waals surface area contributed by atoms with Crippen LogP contribution < -0.4 is 5.56 Å². The normalized spacial score (nSPS) is 10.7. The van der Waals surface area contributed by atoms with Crippen molar-refractivity contribution in [1.29, 1.82) is 0 Å². The Morgan fingerprint density at radius 2 is 2.00 bits per heavy atom. The Bertz CT molecular complexity index is 324. The highest BCUT2D eigenvalue weighted by atomic mass is 32.1. The van der Waals surface area contributed by atoms with Gasteiger partial charge in [-0.3, -0.25) is 8.75 Å². The molecular formula is C10H17NOS. The van der Waals surface area contributed by atoms with Crippen LogP contribution in [0.25, 0.3) is 0 Å². The number of aryl methyl sites for hydroxylation is 2. The van der Waals surface area contributed by atoms with Crippen molar-refractivity contribution in [3.8, 4) is 0 Å². The van der Waals surface area contributed by atoms with E-state index in [1.165, 1.54) is 12.8 Å². The predicted molar refractivity (Wildman–Crippen MR) is 57.6 cm³/mol. The third-order valence-electron chi connectivity index (χ3n) is 2.29. The van der Waals surface area contributed by atoms with Gasteiger partial charge in [-0.2, -0.15) is 0 Å². The third-order valence-corrected chi connectivity index (χ3v) is 3.44. The molecule has 0 saturated carbocycles. The van der Waals surface area contributed by atoms with Gasteiger partial charge in [0.05, 0.1) is 0 Å². The number of hydrogen-bond acceptors (Lipinski definition) is 2. The van der Waals surface area contributed by atoms with Crippen LogP contribution in [0.3, 0.4) is 0 Å². The van der Waals surface area contributed by atoms with Crippen molar-refractivity contribution >= 4 is 11.5 Å². The van der Waals surface area contributed by atoms with Crippen molar-refractivity contribution in [3.05, 3.63) is 20.8 Å². The summed E-state index contributed by atoms with van der Waals surface area (Å²) >= 11 is 1.60. The lowest BCUT2D eigenvalue weighted by Gasteiger charge is -1.97. The molecule has 0 bridgehead atoms. The Hall–Kier alpha value is -0.570. The molecular weight excluding hydrogens is 182 g/mol. The summed E-state index contributed by atoms with van der Waals surface area (Å²) in [5.41, 5.74) is 1.13. The molecule has 1 aromatic rings. The first kappa shape index (κ1) is 10.5. The van der Waals surface area contributed by atoms with Crippen LogP contribution in [0.15, 0.2) is 4.79 Å². The first-order chi connectivity index (χ1) is 6.16. The first-order valence-electron chi connectivity index (χ1n) is 4.84. The van der Waals surface area contributed by atoms with Crippen LogP contribution in [0.2, 0.25) is 0 Å². The molecule has 0 aliphatic heterocycles. The van der Waals surface area contributed by atoms with Gasteiger partial charge in [0.1, 0.15) is 0 Å². The highest BCUT2D eigenvalue weighted by molar-refractivity contribution is 7.06. The van der Waals surface area contributed by atoms with Gasteiger partial charge in [-0.15, -0.1) is 0 Å². The van der Waals surface area contributed by atoms with E-state index >= 15 is 0 Å². The minimum atomic E-state index is 0.207. The van der Waals surface area contributed by atoms with E-state index < -0.39 is 0 Å². The second kappa shape index (κ2) is 4.61. The average molecular weight is 199 g/mol. The number of nitrogens with zero attached hydrogens (tertiary/aromatic N) is 1. The Labute approximate surface area is 83.4 Å². The van der Waals surface area contributed by atoms with Gasteiger partial charge in [-0.1, -0.05) is 31.3 Å². The summed E-state index contributed by atoms with van der Waals surface area (Å²) in [6, 6.07) is 0. The topological polar surface area (TPSA) is 22.0 Å². The van der Waals surface area contributed by atoms with Crippen LogP contribution in [-0.4, -0.2) is 3.96 Å². The van der Waals surface area contributed by atoms with Crippen LogP contribution in [0.4, 0.5) is 0 Å². The second-order valence-corrected chi connectivity index (χ2v) is 4.62. The van der Waals surface area contributed by atoms with Crippen LogP contribution in [0.5, 0.6) is 0 Å². The maximum absolute atomic E-state index is 11.6. The first-order valence-corrected chi connectivity index (χ1v) is 5.61. The Balaban J connectivity index is 2.67. The molecule has 0 radical (unpaired) electrons. The standard InChI is InChI=1S/C10H17NOS/c1-4-5-6-7-11-10(12)8(2)9(3)13-11/h4-7H2,1-3H3. The van der Waals surface area contributed by atoms with Gasteiger partial charge in [0.25, 0.3) is 5.56 Å². The van der Waals surface area contributed by atoms with Crippen LogP contribution in [0, 0.1) is 13.8 Å². The molecule has 0 aliphatic carbocycles. The van der Waals surface area contributed by atoms with Crippen molar-refractivity contribution in [2.24, 2.45) is 0 Å². The number of unbranched alkanes of at least 4 members (excludes halogenated alkanes) is 2. The molecule has 3 heteroatoms. The summed E-state index contributed by atoms with van der Waals surface area (Å²) in [6.07, 6.45) is 3.54. The van der Waals surface area contributed by atoms with Gasteiger partial charge in [-0.05, 0) is 20.3 Å². The van der Waals surface area contributed by atoms with Crippen molar-refractivity contribution < 1.29 is 0 Å². The molecule has 1 heterocycles. The van der Waals surface area contributed by atoms with Crippen LogP contribution in [-0.2, 0) is 6.54 Å². The maximum Gasteiger partial charge on any atom is 0.263 e. The molecule has 0 aliphatic rings. The summed E-state index contributed by atoms with van der Waals surface area (Å²) in [5, 5.41) is 0. The monoisotopic (exact) mass is 199 g/mol. The van der Waals surface area contributed by atoms with Gasteiger partial charge in [-0.25, -0.2) is 0 Å². The highest BCUT2D eigenvalue weighted by Crippen LogP contribution is 2.10. The molecule has 0 saturated heterocycles. The molecule has 0 aromatic carbocycles. The lowest BCUT2D eigenvalue weighted by atomic mass is 10.2. The van der Waals surface area contributed by atoms with E-state index in [-0.39, 0.29) is 5.56 Å². The van der Waals surface area contributed by atoms with E-state index in [0.29, 0.717) is 0 Å². The van der Waals surface area contributed by atoms with Crippen molar-refractivity contribution in [1.82, 2.24) is 3.96 Å². The minimum Gasteiger partial charge on any atom is -0.268 e. The van der Waals surface area contributed by atoms with E-state index in [1.54, 1.807) is 11.5 Å². The zero-order valence-electron chi connectivity index (χ0n) is 8.59. The molecule has 13 heavy (non-hydrogen) atoms. The zero-order chi connectivity index (χ0) is 9.84. The SMILES string of the molecule is CCCCCn1sc(C)c(C)c1=O. The molecule has 0 amide bonds. The van der Waals surface area contributed by atoms with E-state index in [2.05, 4.69) is 6.92 Å². The number of rotatable bonds is 4. The largest absolute Gasteiger partial charge is 0.268 e. The summed E-state index contributed by atoms with van der Waals surface area (Å²) in [7, 11) is 0. The van der Waals surface area contributed by atoms with Crippen LogP contribution in [0.1, 0.15) is 36.6 Å². The van der Waals surface area contributed by atoms with E-state index in [4.69, 9.17) is 0 Å². The fourth-order valence-electron chi connectivity index (χ4n) is 1.27. The summed E-state index contributed by atoms with van der Waals surface area (Å²) in [4.78, 5) is 12.7. The fraction of sp³-hybridized carbons (Fsp3) is 0.700. The number of hydrogen-bond donors (Lipinski definition) is 0. The molecule has 1 rings (SSSR count). The van der Waals surface area contributed by atoms with Gasteiger partial charge >= 0.3 is 0 Å². The van der Waals surface area contributed by atoms with Gasteiger partial charge in [0.15, 0.2) is 0 Å². The van der Waals surface area contributed by atoms with Crippen molar-refractivity contribution in [3.63, 3.8) is 0 Å². The molecule has 0 unspecified atom stereocenters. The lowest BCUT2D eigenvalue weighted by molar-refractivity contribution is 0.621. The Morgan fingerprint density at radius 3 is 2.46 bits per heavy atom. The molecule has 1 aromatic heterocycles. The van der Waals surface area contributed by atoms with Crippen molar-refractivity contribution in [2.75, 3.05) is 0 Å². The quantitative estimate of drug-likeness (QED) is 0.683. The second-order valence-electron chi connectivity index (χ2n) is 3.39. The average Bonchev–Trinajstić information content (AvgIpc) is 2.34. The summed E-state index contributed by atoms with van der Waals surface area (Å²) in [6.45, 7) is 6.99. The highest BCUT2D eigenvalue weighted by Gasteiger charge is 2.05. The number of aromatic nitrogens is 1. The van der Waals surface area contributed by atoms with Crippen LogP contribution >= 0.6 is 11.5 Å². The van der Waals surface area contributed by atoms with Gasteiger partial charge in [0, 0.05) is 17.0 Å². The van der Waals surface area contributed by atoms with E-state index in [9.17, 15) is 4.79 Å². The molecule has 0 spiro atoms. The Kier molecular flexibility index (Phi) is 3.72. The zero-order valence-corrected chi connectivity index (χ0v) is 9.41. The van der Waals surface area contributed by atoms with E-state index in [0.717, 1.165) is 23.4 Å². The minimum absolute atomic E-state index is 0.207. The molecule has 74 valence electrons. The lowest BCUT2D eigenvalue weighted by Crippen LogP contribution is -2.14. The Morgan fingerprint density at radius 1 is 1.31 bits per heavy atom. The van der Waals surface area contributed by atoms with Crippen molar-refractivity contribution in [2.45, 2.75) is 46.6 Å². The predicted octanol–water partition coefficient (Wildman–Crippen LogP) is 2.72. The van der Waals surface area contributed by atoms with Gasteiger partial charge in [0.2, 0.25) is 0 Å². The summed E-state index contributed by atoms with van der Waals surface area (Å²) < 4.78 is 1.88. The summed E-state index contributed by atoms with van der Waals surface area (Å²) in [5.74, 6) is 0. The molecule has 2 nitrogen and oxygen atoms in total. The maximum atomic E-state index is 11.6. The fourth-order valence-corrected chi connectivity index (χ4v) is 2.26. The van der Waals surface area contributed by atoms with E-state index in [1.807, 2.05) is 17.8 Å². The molecule has 0 fully saturated rings.